The van der Waals surface area contributed by atoms with Crippen molar-refractivity contribution in [2.24, 2.45) is 0 Å². The van der Waals surface area contributed by atoms with Crippen LogP contribution >= 0.6 is 0 Å². The van der Waals surface area contributed by atoms with E-state index in [0.717, 1.165) is 0 Å². The van der Waals surface area contributed by atoms with E-state index in [1.165, 1.54) is 19.2 Å². The quantitative estimate of drug-likeness (QED) is 0.811. The summed E-state index contributed by atoms with van der Waals surface area (Å²) in [6.07, 6.45) is 0. The minimum absolute atomic E-state index is 0.124. The number of anilines is 1. The van der Waals surface area contributed by atoms with E-state index < -0.39 is 11.6 Å². The molecule has 2 rings (SSSR count). The minimum atomic E-state index is -1.01. The Bertz CT molecular complexity index is 555. The molecule has 0 fully saturated rings. The fourth-order valence-corrected chi connectivity index (χ4v) is 1.64. The van der Waals surface area contributed by atoms with Gasteiger partial charge in [0.1, 0.15) is 0 Å². The number of ether oxygens (including phenoxy) is 1. The number of nitrogens with two attached hydrogens (primary N) is 1. The average Bonchev–Trinajstić information content (AvgIpc) is 2.34. The van der Waals surface area contributed by atoms with Crippen LogP contribution in [0.25, 0.3) is 11.1 Å². The van der Waals surface area contributed by atoms with Crippen LogP contribution < -0.4 is 10.5 Å². The summed E-state index contributed by atoms with van der Waals surface area (Å²) >= 11 is 0. The highest BCUT2D eigenvalue weighted by atomic mass is 19.2. The number of nitrogen functional groups attached to an aromatic ring is 1. The molecule has 0 aromatic heterocycles. The molecule has 17 heavy (non-hydrogen) atoms. The van der Waals surface area contributed by atoms with Crippen LogP contribution in [0, 0.1) is 11.6 Å². The van der Waals surface area contributed by atoms with E-state index in [-0.39, 0.29) is 11.3 Å². The van der Waals surface area contributed by atoms with E-state index in [1.54, 1.807) is 24.3 Å². The maximum absolute atomic E-state index is 13.8. The van der Waals surface area contributed by atoms with Crippen molar-refractivity contribution in [3.8, 4) is 16.9 Å². The number of halogens is 2. The first-order chi connectivity index (χ1) is 8.15. The molecule has 0 aliphatic carbocycles. The number of para-hydroxylation sites is 1. The molecule has 0 aliphatic rings. The highest BCUT2D eigenvalue weighted by Crippen LogP contribution is 2.32. The Hall–Kier alpha value is -2.10. The zero-order valence-electron chi connectivity index (χ0n) is 9.21. The van der Waals surface area contributed by atoms with Crippen molar-refractivity contribution in [2.45, 2.75) is 0 Å². The van der Waals surface area contributed by atoms with Gasteiger partial charge < -0.3 is 10.5 Å². The van der Waals surface area contributed by atoms with Gasteiger partial charge in [0, 0.05) is 16.8 Å². The van der Waals surface area contributed by atoms with Crippen LogP contribution in [0.2, 0.25) is 0 Å². The summed E-state index contributed by atoms with van der Waals surface area (Å²) in [5.41, 5.74) is 6.71. The molecule has 2 aromatic rings. The Balaban J connectivity index is 2.62. The van der Waals surface area contributed by atoms with E-state index in [1.807, 2.05) is 0 Å². The fraction of sp³-hybridized carbons (Fsp3) is 0.0769. The van der Waals surface area contributed by atoms with Gasteiger partial charge in [-0.25, -0.2) is 4.39 Å². The highest BCUT2D eigenvalue weighted by Gasteiger charge is 2.16. The summed E-state index contributed by atoms with van der Waals surface area (Å²) in [7, 11) is 1.29. The predicted octanol–water partition coefficient (Wildman–Crippen LogP) is 3.22. The Morgan fingerprint density at radius 1 is 0.941 bits per heavy atom. The van der Waals surface area contributed by atoms with E-state index in [2.05, 4.69) is 0 Å². The Kier molecular flexibility index (Phi) is 2.95. The van der Waals surface area contributed by atoms with Crippen LogP contribution in [-0.2, 0) is 0 Å². The molecule has 0 radical (unpaired) electrons. The zero-order chi connectivity index (χ0) is 12.4. The van der Waals surface area contributed by atoms with Crippen LogP contribution in [0.15, 0.2) is 36.4 Å². The minimum Gasteiger partial charge on any atom is -0.494 e. The molecular formula is C13H11F2NO. The molecule has 4 heteroatoms. The third-order valence-electron chi connectivity index (χ3n) is 2.52. The number of rotatable bonds is 2. The molecule has 0 heterocycles. The molecule has 0 bridgehead atoms. The van der Waals surface area contributed by atoms with Crippen LogP contribution in [-0.4, -0.2) is 7.11 Å². The van der Waals surface area contributed by atoms with Gasteiger partial charge in [0.05, 0.1) is 7.11 Å². The van der Waals surface area contributed by atoms with Crippen molar-refractivity contribution < 1.29 is 13.5 Å². The van der Waals surface area contributed by atoms with Crippen molar-refractivity contribution in [3.05, 3.63) is 48.0 Å². The van der Waals surface area contributed by atoms with Crippen molar-refractivity contribution in [1.82, 2.24) is 0 Å². The summed E-state index contributed by atoms with van der Waals surface area (Å²) in [5, 5.41) is 0. The summed E-state index contributed by atoms with van der Waals surface area (Å²) in [5.74, 6) is -2.09. The van der Waals surface area contributed by atoms with Gasteiger partial charge in [0.2, 0.25) is 5.82 Å². The van der Waals surface area contributed by atoms with E-state index in [4.69, 9.17) is 10.5 Å². The van der Waals surface area contributed by atoms with E-state index in [0.29, 0.717) is 11.3 Å². The standard InChI is InChI=1S/C13H11F2NO/c1-17-11-7-6-9(12(14)13(11)15)8-4-2-3-5-10(8)16/h2-7H,16H2,1H3. The molecule has 0 amide bonds. The van der Waals surface area contributed by atoms with Gasteiger partial charge in [-0.15, -0.1) is 0 Å². The lowest BCUT2D eigenvalue weighted by atomic mass is 10.0. The molecule has 2 aromatic carbocycles. The van der Waals surface area contributed by atoms with E-state index >= 15 is 0 Å². The lowest BCUT2D eigenvalue weighted by Crippen LogP contribution is -1.97. The van der Waals surface area contributed by atoms with Gasteiger partial charge in [-0.1, -0.05) is 18.2 Å². The summed E-state index contributed by atoms with van der Waals surface area (Å²) < 4.78 is 32.0. The molecule has 2 nitrogen and oxygen atoms in total. The number of hydrogen-bond acceptors (Lipinski definition) is 2. The van der Waals surface area contributed by atoms with Gasteiger partial charge in [0.15, 0.2) is 11.6 Å². The third kappa shape index (κ3) is 1.93. The lowest BCUT2D eigenvalue weighted by molar-refractivity contribution is 0.372. The van der Waals surface area contributed by atoms with Crippen molar-refractivity contribution in [3.63, 3.8) is 0 Å². The van der Waals surface area contributed by atoms with Gasteiger partial charge in [-0.05, 0) is 18.2 Å². The Morgan fingerprint density at radius 2 is 1.65 bits per heavy atom. The Morgan fingerprint density at radius 3 is 2.29 bits per heavy atom. The zero-order valence-corrected chi connectivity index (χ0v) is 9.21. The smallest absolute Gasteiger partial charge is 0.201 e. The first-order valence-electron chi connectivity index (χ1n) is 5.02. The van der Waals surface area contributed by atoms with E-state index in [9.17, 15) is 8.78 Å². The SMILES string of the molecule is COc1ccc(-c2ccccc2N)c(F)c1F. The summed E-state index contributed by atoms with van der Waals surface area (Å²) in [6, 6.07) is 9.55. The Labute approximate surface area is 97.6 Å². The van der Waals surface area contributed by atoms with Gasteiger partial charge in [0.25, 0.3) is 0 Å². The van der Waals surface area contributed by atoms with Crippen molar-refractivity contribution >= 4 is 5.69 Å². The molecule has 0 saturated heterocycles. The molecule has 0 saturated carbocycles. The van der Waals surface area contributed by atoms with Crippen LogP contribution in [0.1, 0.15) is 0 Å². The predicted molar refractivity (Wildman–Crippen MR) is 62.8 cm³/mol. The van der Waals surface area contributed by atoms with Crippen molar-refractivity contribution in [2.75, 3.05) is 12.8 Å². The third-order valence-corrected chi connectivity index (χ3v) is 2.52. The second-order valence-electron chi connectivity index (χ2n) is 3.53. The fourth-order valence-electron chi connectivity index (χ4n) is 1.64. The first-order valence-corrected chi connectivity index (χ1v) is 5.02. The van der Waals surface area contributed by atoms with Gasteiger partial charge in [-0.2, -0.15) is 4.39 Å². The van der Waals surface area contributed by atoms with Crippen LogP contribution in [0.5, 0.6) is 5.75 Å². The maximum Gasteiger partial charge on any atom is 0.201 e. The molecule has 0 unspecified atom stereocenters. The number of methoxy groups -OCH3 is 1. The molecule has 0 aliphatic heterocycles. The van der Waals surface area contributed by atoms with Gasteiger partial charge >= 0.3 is 0 Å². The number of hydrogen-bond donors (Lipinski definition) is 1. The molecule has 0 atom stereocenters. The largest absolute Gasteiger partial charge is 0.494 e. The lowest BCUT2D eigenvalue weighted by Gasteiger charge is -2.09. The molecular weight excluding hydrogens is 224 g/mol. The molecule has 2 N–H and O–H groups in total. The monoisotopic (exact) mass is 235 g/mol. The topological polar surface area (TPSA) is 35.2 Å². The maximum atomic E-state index is 13.8. The first kappa shape index (κ1) is 11.4. The van der Waals surface area contributed by atoms with Gasteiger partial charge in [-0.3, -0.25) is 0 Å². The van der Waals surface area contributed by atoms with Crippen LogP contribution in [0.3, 0.4) is 0 Å². The summed E-state index contributed by atoms with van der Waals surface area (Å²) in [4.78, 5) is 0. The van der Waals surface area contributed by atoms with Crippen LogP contribution in [0.4, 0.5) is 14.5 Å². The average molecular weight is 235 g/mol. The number of benzene rings is 2. The van der Waals surface area contributed by atoms with Crippen molar-refractivity contribution in [1.29, 1.82) is 0 Å². The molecule has 88 valence electrons. The highest BCUT2D eigenvalue weighted by molar-refractivity contribution is 5.76. The second kappa shape index (κ2) is 4.41. The second-order valence-corrected chi connectivity index (χ2v) is 3.53. The normalized spacial score (nSPS) is 10.3. The molecule has 0 spiro atoms. The summed E-state index contributed by atoms with van der Waals surface area (Å²) in [6.45, 7) is 0.